The van der Waals surface area contributed by atoms with Crippen molar-refractivity contribution in [2.24, 2.45) is 5.41 Å². The first-order valence-corrected chi connectivity index (χ1v) is 12.0. The lowest BCUT2D eigenvalue weighted by atomic mass is 9.76. The van der Waals surface area contributed by atoms with E-state index < -0.39 is 0 Å². The van der Waals surface area contributed by atoms with Gasteiger partial charge < -0.3 is 10.6 Å². The van der Waals surface area contributed by atoms with Gasteiger partial charge in [-0.05, 0) is 70.0 Å². The fraction of sp³-hybridized carbons (Fsp3) is 0.680. The highest BCUT2D eigenvalue weighted by atomic mass is 16.2. The molecule has 2 aliphatic rings. The number of nitrogens with one attached hydrogen (secondary N) is 3. The zero-order valence-electron chi connectivity index (χ0n) is 19.9. The molecule has 6 heteroatoms. The summed E-state index contributed by atoms with van der Waals surface area (Å²) >= 11 is 0. The van der Waals surface area contributed by atoms with Crippen molar-refractivity contribution in [3.63, 3.8) is 0 Å². The van der Waals surface area contributed by atoms with Crippen molar-refractivity contribution in [3.05, 3.63) is 40.9 Å². The van der Waals surface area contributed by atoms with Crippen molar-refractivity contribution in [2.45, 2.75) is 85.2 Å². The van der Waals surface area contributed by atoms with Gasteiger partial charge >= 0.3 is 0 Å². The highest BCUT2D eigenvalue weighted by Crippen LogP contribution is 2.34. The summed E-state index contributed by atoms with van der Waals surface area (Å²) in [6.45, 7) is 12.0. The number of likely N-dealkylation sites (tertiary alicyclic amines) is 1. The number of carbonyl (C=O) groups excluding carboxylic acids is 1. The summed E-state index contributed by atoms with van der Waals surface area (Å²) in [5.74, 6) is 0.115. The van der Waals surface area contributed by atoms with Crippen molar-refractivity contribution < 1.29 is 4.79 Å². The summed E-state index contributed by atoms with van der Waals surface area (Å²) in [7, 11) is 0. The molecule has 0 spiro atoms. The molecule has 0 bridgehead atoms. The largest absolute Gasteiger partial charge is 0.383 e. The van der Waals surface area contributed by atoms with Crippen LogP contribution in [-0.2, 0) is 24.2 Å². The average Bonchev–Trinajstić information content (AvgIpc) is 3.12. The molecule has 0 radical (unpaired) electrons. The summed E-state index contributed by atoms with van der Waals surface area (Å²) in [6.07, 6.45) is 14.0. The summed E-state index contributed by atoms with van der Waals surface area (Å²) in [5, 5.41) is 14.6. The van der Waals surface area contributed by atoms with Crippen LogP contribution in [0.4, 0.5) is 0 Å². The van der Waals surface area contributed by atoms with E-state index in [1.165, 1.54) is 36.9 Å². The molecule has 3 rings (SSSR count). The zero-order valence-corrected chi connectivity index (χ0v) is 19.9. The Morgan fingerprint density at radius 2 is 2.03 bits per heavy atom. The van der Waals surface area contributed by atoms with Gasteiger partial charge in [0.15, 0.2) is 0 Å². The first kappa shape index (κ1) is 23.6. The summed E-state index contributed by atoms with van der Waals surface area (Å²) < 4.78 is 0. The van der Waals surface area contributed by atoms with E-state index >= 15 is 0 Å². The number of aromatic amines is 1. The third-order valence-corrected chi connectivity index (χ3v) is 6.60. The van der Waals surface area contributed by atoms with Crippen molar-refractivity contribution >= 4 is 5.91 Å². The summed E-state index contributed by atoms with van der Waals surface area (Å²) in [5.41, 5.74) is 5.30. The molecule has 3 N–H and O–H groups in total. The zero-order chi connectivity index (χ0) is 22.3. The average molecular weight is 428 g/mol. The van der Waals surface area contributed by atoms with Crippen molar-refractivity contribution in [3.8, 4) is 0 Å². The molecule has 1 saturated heterocycles. The minimum absolute atomic E-state index is 0.00473. The fourth-order valence-electron chi connectivity index (χ4n) is 4.76. The number of H-pyrrole nitrogens is 1. The van der Waals surface area contributed by atoms with E-state index in [4.69, 9.17) is 0 Å². The van der Waals surface area contributed by atoms with Crippen LogP contribution in [0.2, 0.25) is 0 Å². The first-order chi connectivity index (χ1) is 14.9. The fourth-order valence-corrected chi connectivity index (χ4v) is 4.76. The summed E-state index contributed by atoms with van der Waals surface area (Å²) in [6, 6.07) is -0.00473. The van der Waals surface area contributed by atoms with Crippen molar-refractivity contribution in [2.75, 3.05) is 19.6 Å². The third-order valence-electron chi connectivity index (χ3n) is 6.60. The molecule has 1 unspecified atom stereocenters. The number of allylic oxidation sites excluding steroid dienone is 2. The normalized spacial score (nSPS) is 20.5. The lowest BCUT2D eigenvalue weighted by Gasteiger charge is -2.29. The van der Waals surface area contributed by atoms with Gasteiger partial charge in [-0.1, -0.05) is 38.5 Å². The van der Waals surface area contributed by atoms with Crippen LogP contribution in [0.15, 0.2) is 23.9 Å². The van der Waals surface area contributed by atoms with Crippen LogP contribution in [0.3, 0.4) is 0 Å². The molecule has 1 atom stereocenters. The van der Waals surface area contributed by atoms with Crippen LogP contribution in [0, 0.1) is 5.41 Å². The second kappa shape index (κ2) is 11.0. The van der Waals surface area contributed by atoms with E-state index in [9.17, 15) is 4.79 Å². The molecule has 1 aromatic heterocycles. The van der Waals surface area contributed by atoms with Gasteiger partial charge in [0.1, 0.15) is 0 Å². The van der Waals surface area contributed by atoms with E-state index in [0.717, 1.165) is 50.3 Å². The SMILES string of the molecule is C/C=C\C(C/C(=C\C)NCc1n[nH]c2c1CCC(C)(C)C2)NC(=O)CN1CCCCC1. The molecule has 0 aromatic carbocycles. The standard InChI is InChI=1S/C25H41N5O/c1-5-10-20(27-24(31)18-30-13-8-7-9-14-30)15-19(6-2)26-17-23-21-11-12-25(3,4)16-22(21)28-29-23/h5-6,10,20,26H,7-9,11-18H2,1-4H3,(H,27,31)(H,28,29)/b10-5-,19-6+. The number of fused-ring (bicyclic) bond motifs is 1. The second-order valence-corrected chi connectivity index (χ2v) is 9.88. The smallest absolute Gasteiger partial charge is 0.234 e. The predicted octanol–water partition coefficient (Wildman–Crippen LogP) is 3.85. The highest BCUT2D eigenvalue weighted by molar-refractivity contribution is 5.78. The van der Waals surface area contributed by atoms with E-state index in [1.807, 2.05) is 19.9 Å². The van der Waals surface area contributed by atoms with Crippen LogP contribution in [0.5, 0.6) is 0 Å². The lowest BCUT2D eigenvalue weighted by molar-refractivity contribution is -0.122. The van der Waals surface area contributed by atoms with Crippen LogP contribution < -0.4 is 10.6 Å². The van der Waals surface area contributed by atoms with Gasteiger partial charge in [0.25, 0.3) is 0 Å². The number of aromatic nitrogens is 2. The van der Waals surface area contributed by atoms with E-state index in [1.54, 1.807) is 0 Å². The quantitative estimate of drug-likeness (QED) is 0.523. The monoisotopic (exact) mass is 427 g/mol. The molecular weight excluding hydrogens is 386 g/mol. The Bertz CT molecular complexity index is 786. The number of hydrogen-bond donors (Lipinski definition) is 3. The Hall–Kier alpha value is -2.08. The van der Waals surface area contributed by atoms with Crippen LogP contribution in [0.1, 0.15) is 76.8 Å². The van der Waals surface area contributed by atoms with Crippen LogP contribution in [0.25, 0.3) is 0 Å². The number of piperidine rings is 1. The topological polar surface area (TPSA) is 73.0 Å². The number of amides is 1. The number of carbonyl (C=O) groups is 1. The Morgan fingerprint density at radius 1 is 1.26 bits per heavy atom. The molecular formula is C25H41N5O. The lowest BCUT2D eigenvalue weighted by Crippen LogP contribution is -2.43. The molecule has 1 fully saturated rings. The molecule has 1 aliphatic heterocycles. The maximum absolute atomic E-state index is 12.6. The van der Waals surface area contributed by atoms with Crippen molar-refractivity contribution in [1.82, 2.24) is 25.7 Å². The molecule has 2 heterocycles. The maximum atomic E-state index is 12.6. The van der Waals surface area contributed by atoms with E-state index in [0.29, 0.717) is 12.0 Å². The van der Waals surface area contributed by atoms with Crippen molar-refractivity contribution in [1.29, 1.82) is 0 Å². The van der Waals surface area contributed by atoms with Gasteiger partial charge in [-0.2, -0.15) is 5.10 Å². The molecule has 0 saturated carbocycles. The number of nitrogens with zero attached hydrogens (tertiary/aromatic N) is 2. The molecule has 172 valence electrons. The van der Waals surface area contributed by atoms with Crippen LogP contribution in [-0.4, -0.2) is 46.7 Å². The minimum atomic E-state index is -0.00473. The predicted molar refractivity (Wildman–Crippen MR) is 127 cm³/mol. The molecule has 6 nitrogen and oxygen atoms in total. The van der Waals surface area contributed by atoms with Gasteiger partial charge in [-0.15, -0.1) is 0 Å². The van der Waals surface area contributed by atoms with Gasteiger partial charge in [-0.25, -0.2) is 0 Å². The van der Waals surface area contributed by atoms with E-state index in [-0.39, 0.29) is 11.9 Å². The molecule has 1 aliphatic carbocycles. The Balaban J connectivity index is 1.52. The Morgan fingerprint density at radius 3 is 2.74 bits per heavy atom. The highest BCUT2D eigenvalue weighted by Gasteiger charge is 2.28. The Labute approximate surface area is 187 Å². The molecule has 1 aromatic rings. The number of rotatable bonds is 9. The molecule has 1 amide bonds. The number of hydrogen-bond acceptors (Lipinski definition) is 4. The maximum Gasteiger partial charge on any atom is 0.234 e. The van der Waals surface area contributed by atoms with Gasteiger partial charge in [0.2, 0.25) is 5.91 Å². The van der Waals surface area contributed by atoms with Crippen LogP contribution >= 0.6 is 0 Å². The van der Waals surface area contributed by atoms with Gasteiger partial charge in [0.05, 0.1) is 24.8 Å². The second-order valence-electron chi connectivity index (χ2n) is 9.88. The van der Waals surface area contributed by atoms with E-state index in [2.05, 4.69) is 51.7 Å². The first-order valence-electron chi connectivity index (χ1n) is 12.0. The van der Waals surface area contributed by atoms with Gasteiger partial charge in [-0.3, -0.25) is 14.8 Å². The minimum Gasteiger partial charge on any atom is -0.383 e. The third kappa shape index (κ3) is 6.96. The Kier molecular flexibility index (Phi) is 8.35. The van der Waals surface area contributed by atoms with Gasteiger partial charge in [0, 0.05) is 17.8 Å². The summed E-state index contributed by atoms with van der Waals surface area (Å²) in [4.78, 5) is 14.8. The molecule has 31 heavy (non-hydrogen) atoms.